The summed E-state index contributed by atoms with van der Waals surface area (Å²) in [6, 6.07) is 0. The Kier molecular flexibility index (Phi) is 3.11. The molecule has 5 heteroatoms. The smallest absolute Gasteiger partial charge is 0.323 e. The van der Waals surface area contributed by atoms with Gasteiger partial charge in [0.2, 0.25) is 0 Å². The number of carboxylic acid groups (broad SMARTS) is 1. The predicted octanol–water partition coefficient (Wildman–Crippen LogP) is 0.844. The van der Waals surface area contributed by atoms with E-state index in [2.05, 4.69) is 9.97 Å². The van der Waals surface area contributed by atoms with Crippen LogP contribution < -0.4 is 5.69 Å². The maximum absolute atomic E-state index is 11.0. The fraction of sp³-hybridized carbons (Fsp3) is 0.556. The van der Waals surface area contributed by atoms with Gasteiger partial charge in [0, 0.05) is 11.4 Å². The normalized spacial score (nSPS) is 10.8. The quantitative estimate of drug-likeness (QED) is 0.670. The summed E-state index contributed by atoms with van der Waals surface area (Å²) < 4.78 is 0. The lowest BCUT2D eigenvalue weighted by atomic mass is 10.1. The summed E-state index contributed by atoms with van der Waals surface area (Å²) in [5.41, 5.74) is 1.23. The molecule has 0 aliphatic rings. The molecule has 1 aromatic rings. The number of hydrogen-bond donors (Lipinski definition) is 3. The third-order valence-corrected chi connectivity index (χ3v) is 2.00. The number of rotatable bonds is 4. The van der Waals surface area contributed by atoms with Crippen LogP contribution in [0.4, 0.5) is 0 Å². The van der Waals surface area contributed by atoms with Crippen LogP contribution in [0, 0.1) is 0 Å². The molecule has 0 aliphatic heterocycles. The van der Waals surface area contributed by atoms with Crippen molar-refractivity contribution >= 4 is 5.97 Å². The molecule has 1 aromatic heterocycles. The lowest BCUT2D eigenvalue weighted by Crippen LogP contribution is -2.02. The standard InChI is InChI=1S/C9H14N2O3/c1-5(2)8-6(3-4-7(12)13)10-9(14)11-8/h5H,3-4H2,1-2H3,(H,12,13)(H2,10,11,14). The van der Waals surface area contributed by atoms with Crippen molar-refractivity contribution in [3.8, 4) is 0 Å². The van der Waals surface area contributed by atoms with Gasteiger partial charge in [-0.25, -0.2) is 4.79 Å². The van der Waals surface area contributed by atoms with Crippen molar-refractivity contribution in [1.82, 2.24) is 9.97 Å². The lowest BCUT2D eigenvalue weighted by Gasteiger charge is -2.04. The number of carbonyl (C=O) groups is 1. The summed E-state index contributed by atoms with van der Waals surface area (Å²) in [6.07, 6.45) is 0.398. The van der Waals surface area contributed by atoms with Crippen molar-refractivity contribution in [3.63, 3.8) is 0 Å². The second kappa shape index (κ2) is 4.13. The van der Waals surface area contributed by atoms with Crippen molar-refractivity contribution in [1.29, 1.82) is 0 Å². The Balaban J connectivity index is 2.84. The van der Waals surface area contributed by atoms with Gasteiger partial charge >= 0.3 is 11.7 Å². The van der Waals surface area contributed by atoms with Crippen LogP contribution in [0.15, 0.2) is 4.79 Å². The fourth-order valence-electron chi connectivity index (χ4n) is 1.36. The van der Waals surface area contributed by atoms with Gasteiger partial charge in [-0.15, -0.1) is 0 Å². The molecule has 0 unspecified atom stereocenters. The molecule has 78 valence electrons. The first kappa shape index (κ1) is 10.6. The average Bonchev–Trinajstić information content (AvgIpc) is 2.43. The molecule has 0 atom stereocenters. The van der Waals surface area contributed by atoms with Gasteiger partial charge in [0.25, 0.3) is 0 Å². The zero-order valence-electron chi connectivity index (χ0n) is 8.26. The summed E-state index contributed by atoms with van der Waals surface area (Å²) in [6.45, 7) is 3.90. The van der Waals surface area contributed by atoms with E-state index in [1.54, 1.807) is 0 Å². The Hall–Kier alpha value is -1.52. The molecule has 1 heterocycles. The number of imidazole rings is 1. The average molecular weight is 198 g/mol. The van der Waals surface area contributed by atoms with E-state index in [1.807, 2.05) is 13.8 Å². The summed E-state index contributed by atoms with van der Waals surface area (Å²) in [7, 11) is 0. The molecule has 0 fully saturated rings. The van der Waals surface area contributed by atoms with E-state index in [4.69, 9.17) is 5.11 Å². The van der Waals surface area contributed by atoms with Gasteiger partial charge in [0.1, 0.15) is 0 Å². The van der Waals surface area contributed by atoms with Gasteiger partial charge in [0.15, 0.2) is 0 Å². The van der Waals surface area contributed by atoms with Gasteiger partial charge in [-0.2, -0.15) is 0 Å². The second-order valence-corrected chi connectivity index (χ2v) is 3.52. The zero-order chi connectivity index (χ0) is 10.7. The molecule has 1 rings (SSSR count). The van der Waals surface area contributed by atoms with Crippen molar-refractivity contribution in [2.75, 3.05) is 0 Å². The Morgan fingerprint density at radius 1 is 1.43 bits per heavy atom. The third kappa shape index (κ3) is 2.48. The maximum Gasteiger partial charge on any atom is 0.323 e. The fourth-order valence-corrected chi connectivity index (χ4v) is 1.36. The van der Waals surface area contributed by atoms with Gasteiger partial charge in [0.05, 0.1) is 6.42 Å². The van der Waals surface area contributed by atoms with Crippen LogP contribution >= 0.6 is 0 Å². The number of H-pyrrole nitrogens is 2. The largest absolute Gasteiger partial charge is 0.481 e. The molecule has 0 spiro atoms. The number of hydrogen-bond acceptors (Lipinski definition) is 2. The zero-order valence-corrected chi connectivity index (χ0v) is 8.26. The van der Waals surface area contributed by atoms with E-state index >= 15 is 0 Å². The minimum Gasteiger partial charge on any atom is -0.481 e. The van der Waals surface area contributed by atoms with Crippen molar-refractivity contribution in [2.24, 2.45) is 0 Å². The molecule has 14 heavy (non-hydrogen) atoms. The summed E-state index contributed by atoms with van der Waals surface area (Å²) in [5, 5.41) is 8.51. The van der Waals surface area contributed by atoms with E-state index < -0.39 is 5.97 Å². The first-order valence-electron chi connectivity index (χ1n) is 4.53. The number of aliphatic carboxylic acids is 1. The van der Waals surface area contributed by atoms with E-state index in [0.29, 0.717) is 12.1 Å². The topological polar surface area (TPSA) is 86.0 Å². The molecule has 0 bridgehead atoms. The number of aromatic nitrogens is 2. The van der Waals surface area contributed by atoms with Crippen LogP contribution in [0.1, 0.15) is 37.6 Å². The molecule has 0 amide bonds. The highest BCUT2D eigenvalue weighted by Crippen LogP contribution is 2.14. The summed E-state index contributed by atoms with van der Waals surface area (Å²) in [4.78, 5) is 26.6. The molecule has 5 nitrogen and oxygen atoms in total. The molecule has 0 saturated carbocycles. The van der Waals surface area contributed by atoms with Crippen LogP contribution in [-0.2, 0) is 11.2 Å². The highest BCUT2D eigenvalue weighted by molar-refractivity contribution is 5.67. The number of aryl methyl sites for hydroxylation is 1. The maximum atomic E-state index is 11.0. The Bertz CT molecular complexity index is 376. The molecule has 3 N–H and O–H groups in total. The minimum absolute atomic E-state index is 0.0352. The van der Waals surface area contributed by atoms with E-state index in [1.165, 1.54) is 0 Å². The Labute approximate surface area is 81.2 Å². The highest BCUT2D eigenvalue weighted by Gasteiger charge is 2.11. The molecular formula is C9H14N2O3. The van der Waals surface area contributed by atoms with Crippen LogP contribution in [0.3, 0.4) is 0 Å². The van der Waals surface area contributed by atoms with Gasteiger partial charge in [-0.05, 0) is 12.3 Å². The van der Waals surface area contributed by atoms with Gasteiger partial charge < -0.3 is 15.1 Å². The van der Waals surface area contributed by atoms with E-state index in [-0.39, 0.29) is 18.0 Å². The summed E-state index contributed by atoms with van der Waals surface area (Å²) in [5.74, 6) is -0.667. The molecule has 0 aliphatic carbocycles. The first-order valence-corrected chi connectivity index (χ1v) is 4.53. The predicted molar refractivity (Wildman–Crippen MR) is 51.5 cm³/mol. The van der Waals surface area contributed by atoms with Crippen LogP contribution in [0.2, 0.25) is 0 Å². The van der Waals surface area contributed by atoms with Gasteiger partial charge in [-0.3, -0.25) is 4.79 Å². The number of nitrogens with one attached hydrogen (secondary N) is 2. The lowest BCUT2D eigenvalue weighted by molar-refractivity contribution is -0.136. The number of aromatic amines is 2. The summed E-state index contributed by atoms with van der Waals surface area (Å²) >= 11 is 0. The molecule has 0 radical (unpaired) electrons. The Morgan fingerprint density at radius 2 is 2.07 bits per heavy atom. The second-order valence-electron chi connectivity index (χ2n) is 3.52. The monoisotopic (exact) mass is 198 g/mol. The third-order valence-electron chi connectivity index (χ3n) is 2.00. The number of carboxylic acids is 1. The van der Waals surface area contributed by atoms with E-state index in [9.17, 15) is 9.59 Å². The SMILES string of the molecule is CC(C)c1[nH]c(=O)[nH]c1CCC(=O)O. The molecule has 0 saturated heterocycles. The molecule has 0 aromatic carbocycles. The van der Waals surface area contributed by atoms with Crippen LogP contribution in [-0.4, -0.2) is 21.0 Å². The van der Waals surface area contributed by atoms with Crippen molar-refractivity contribution < 1.29 is 9.90 Å². The van der Waals surface area contributed by atoms with Crippen molar-refractivity contribution in [3.05, 3.63) is 21.9 Å². The van der Waals surface area contributed by atoms with Crippen LogP contribution in [0.25, 0.3) is 0 Å². The van der Waals surface area contributed by atoms with Crippen molar-refractivity contribution in [2.45, 2.75) is 32.6 Å². The first-order chi connectivity index (χ1) is 6.50. The Morgan fingerprint density at radius 3 is 2.57 bits per heavy atom. The highest BCUT2D eigenvalue weighted by atomic mass is 16.4. The van der Waals surface area contributed by atoms with E-state index in [0.717, 1.165) is 5.69 Å². The van der Waals surface area contributed by atoms with Gasteiger partial charge in [-0.1, -0.05) is 13.8 Å². The minimum atomic E-state index is -0.859. The molecular weight excluding hydrogens is 184 g/mol. The van der Waals surface area contributed by atoms with Crippen LogP contribution in [0.5, 0.6) is 0 Å².